The normalized spacial score (nSPS) is 12.6. The second-order valence-corrected chi connectivity index (χ2v) is 6.13. The molecule has 0 saturated heterocycles. The molecule has 1 N–H and O–H groups in total. The first kappa shape index (κ1) is 18.1. The van der Waals surface area contributed by atoms with E-state index in [4.69, 9.17) is 0 Å². The van der Waals surface area contributed by atoms with Gasteiger partial charge in [-0.25, -0.2) is 0 Å². The van der Waals surface area contributed by atoms with E-state index in [0.717, 1.165) is 11.4 Å². The lowest BCUT2D eigenvalue weighted by molar-refractivity contribution is 0.490. The molecule has 3 nitrogen and oxygen atoms in total. The van der Waals surface area contributed by atoms with E-state index in [-0.39, 0.29) is 0 Å². The van der Waals surface area contributed by atoms with Crippen LogP contribution in [-0.4, -0.2) is 17.2 Å². The first-order chi connectivity index (χ1) is 10.2. The Morgan fingerprint density at radius 3 is 2.19 bits per heavy atom. The zero-order valence-corrected chi connectivity index (χ0v) is 14.4. The lowest BCUT2D eigenvalue weighted by atomic mass is 9.98. The van der Waals surface area contributed by atoms with Gasteiger partial charge in [0, 0.05) is 6.04 Å². The van der Waals surface area contributed by atoms with Gasteiger partial charge in [-0.3, -0.25) is 0 Å². The lowest BCUT2D eigenvalue weighted by Gasteiger charge is -2.18. The molecule has 0 spiro atoms. The van der Waals surface area contributed by atoms with E-state index in [1.807, 2.05) is 14.0 Å². The lowest BCUT2D eigenvalue weighted by Crippen LogP contribution is -2.18. The number of rotatable bonds is 11. The zero-order chi connectivity index (χ0) is 15.5. The summed E-state index contributed by atoms with van der Waals surface area (Å²) >= 11 is 0. The molecule has 1 unspecified atom stereocenters. The quantitative estimate of drug-likeness (QED) is 0.590. The maximum absolute atomic E-state index is 4.24. The van der Waals surface area contributed by atoms with Crippen LogP contribution >= 0.6 is 0 Å². The molecule has 21 heavy (non-hydrogen) atoms. The van der Waals surface area contributed by atoms with E-state index in [1.165, 1.54) is 63.4 Å². The second kappa shape index (κ2) is 10.7. The predicted octanol–water partition coefficient (Wildman–Crippen LogP) is 4.88. The van der Waals surface area contributed by atoms with Crippen LogP contribution in [0.4, 0.5) is 0 Å². The van der Waals surface area contributed by atoms with Gasteiger partial charge < -0.3 is 5.32 Å². The molecule has 0 aliphatic carbocycles. The molecule has 1 heterocycles. The summed E-state index contributed by atoms with van der Waals surface area (Å²) in [5.41, 5.74) is 3.37. The fraction of sp³-hybridized carbons (Fsp3) is 0.778. The summed E-state index contributed by atoms with van der Waals surface area (Å²) in [5, 5.41) is 11.8. The summed E-state index contributed by atoms with van der Waals surface area (Å²) in [6.45, 7) is 6.34. The molecule has 1 aromatic rings. The molecule has 0 fully saturated rings. The van der Waals surface area contributed by atoms with Crippen LogP contribution in [0.25, 0.3) is 0 Å². The van der Waals surface area contributed by atoms with E-state index in [2.05, 4.69) is 35.4 Å². The van der Waals surface area contributed by atoms with Crippen molar-refractivity contribution in [3.8, 4) is 0 Å². The highest BCUT2D eigenvalue weighted by Gasteiger charge is 2.13. The van der Waals surface area contributed by atoms with Gasteiger partial charge in [0.15, 0.2) is 0 Å². The average molecular weight is 291 g/mol. The molecular formula is C18H33N3. The monoisotopic (exact) mass is 291 g/mol. The van der Waals surface area contributed by atoms with Crippen molar-refractivity contribution in [1.82, 2.24) is 15.5 Å². The highest BCUT2D eigenvalue weighted by atomic mass is 15.1. The first-order valence-electron chi connectivity index (χ1n) is 8.67. The van der Waals surface area contributed by atoms with Gasteiger partial charge in [0.1, 0.15) is 0 Å². The molecule has 120 valence electrons. The molecule has 0 aliphatic rings. The SMILES string of the molecule is CCCCCCCCCCC(NC)c1cc(C)nnc1C. The van der Waals surface area contributed by atoms with Crippen molar-refractivity contribution >= 4 is 0 Å². The minimum Gasteiger partial charge on any atom is -0.313 e. The van der Waals surface area contributed by atoms with Crippen molar-refractivity contribution in [2.45, 2.75) is 84.6 Å². The number of aromatic nitrogens is 2. The molecule has 0 amide bonds. The second-order valence-electron chi connectivity index (χ2n) is 6.13. The van der Waals surface area contributed by atoms with Gasteiger partial charge >= 0.3 is 0 Å². The number of nitrogens with one attached hydrogen (secondary N) is 1. The first-order valence-corrected chi connectivity index (χ1v) is 8.67. The Morgan fingerprint density at radius 2 is 1.57 bits per heavy atom. The number of hydrogen-bond acceptors (Lipinski definition) is 3. The molecule has 1 aromatic heterocycles. The zero-order valence-electron chi connectivity index (χ0n) is 14.4. The maximum Gasteiger partial charge on any atom is 0.0648 e. The smallest absolute Gasteiger partial charge is 0.0648 e. The highest BCUT2D eigenvalue weighted by Crippen LogP contribution is 2.22. The van der Waals surface area contributed by atoms with Crippen molar-refractivity contribution < 1.29 is 0 Å². The Morgan fingerprint density at radius 1 is 0.952 bits per heavy atom. The van der Waals surface area contributed by atoms with Crippen LogP contribution in [-0.2, 0) is 0 Å². The Kier molecular flexibility index (Phi) is 9.24. The van der Waals surface area contributed by atoms with Crippen LogP contribution in [0, 0.1) is 13.8 Å². The van der Waals surface area contributed by atoms with Gasteiger partial charge in [0.05, 0.1) is 11.4 Å². The molecule has 0 bridgehead atoms. The van der Waals surface area contributed by atoms with E-state index in [0.29, 0.717) is 6.04 Å². The van der Waals surface area contributed by atoms with Crippen LogP contribution in [0.15, 0.2) is 6.07 Å². The van der Waals surface area contributed by atoms with Crippen molar-refractivity contribution in [2.75, 3.05) is 7.05 Å². The van der Waals surface area contributed by atoms with Crippen LogP contribution in [0.2, 0.25) is 0 Å². The minimum absolute atomic E-state index is 0.416. The Labute approximate surface area is 130 Å². The maximum atomic E-state index is 4.24. The summed E-state index contributed by atoms with van der Waals surface area (Å²) < 4.78 is 0. The predicted molar refractivity (Wildman–Crippen MR) is 90.5 cm³/mol. The molecule has 0 radical (unpaired) electrons. The molecular weight excluding hydrogens is 258 g/mol. The van der Waals surface area contributed by atoms with E-state index >= 15 is 0 Å². The molecule has 3 heteroatoms. The Balaban J connectivity index is 2.27. The Hall–Kier alpha value is -0.960. The topological polar surface area (TPSA) is 37.8 Å². The molecule has 1 rings (SSSR count). The van der Waals surface area contributed by atoms with Gasteiger partial charge in [-0.15, -0.1) is 0 Å². The summed E-state index contributed by atoms with van der Waals surface area (Å²) in [6.07, 6.45) is 12.2. The number of nitrogens with zero attached hydrogens (tertiary/aromatic N) is 2. The van der Waals surface area contributed by atoms with E-state index < -0.39 is 0 Å². The molecule has 0 aliphatic heterocycles. The summed E-state index contributed by atoms with van der Waals surface area (Å²) in [6, 6.07) is 2.59. The van der Waals surface area contributed by atoms with Crippen LogP contribution in [0.5, 0.6) is 0 Å². The fourth-order valence-corrected chi connectivity index (χ4v) is 2.86. The standard InChI is InChI=1S/C18H33N3/c1-5-6-7-8-9-10-11-12-13-18(19-4)17-14-15(2)20-21-16(17)3/h14,18-19H,5-13H2,1-4H3. The summed E-state index contributed by atoms with van der Waals surface area (Å²) in [7, 11) is 2.05. The van der Waals surface area contributed by atoms with Crippen molar-refractivity contribution in [1.29, 1.82) is 0 Å². The molecule has 0 saturated carbocycles. The Bertz CT molecular complexity index is 390. The van der Waals surface area contributed by atoms with Crippen molar-refractivity contribution in [2.24, 2.45) is 0 Å². The van der Waals surface area contributed by atoms with Gasteiger partial charge in [0.25, 0.3) is 0 Å². The third-order valence-electron chi connectivity index (χ3n) is 4.21. The summed E-state index contributed by atoms with van der Waals surface area (Å²) in [5.74, 6) is 0. The van der Waals surface area contributed by atoms with E-state index in [9.17, 15) is 0 Å². The minimum atomic E-state index is 0.416. The third kappa shape index (κ3) is 7.03. The van der Waals surface area contributed by atoms with Gasteiger partial charge in [-0.05, 0) is 38.9 Å². The van der Waals surface area contributed by atoms with Gasteiger partial charge in [-0.2, -0.15) is 10.2 Å². The number of aryl methyl sites for hydroxylation is 2. The number of unbranched alkanes of at least 4 members (excludes halogenated alkanes) is 7. The van der Waals surface area contributed by atoms with Crippen LogP contribution in [0.3, 0.4) is 0 Å². The van der Waals surface area contributed by atoms with Crippen LogP contribution < -0.4 is 5.32 Å². The van der Waals surface area contributed by atoms with Crippen molar-refractivity contribution in [3.05, 3.63) is 23.0 Å². The van der Waals surface area contributed by atoms with E-state index in [1.54, 1.807) is 0 Å². The summed E-state index contributed by atoms with van der Waals surface area (Å²) in [4.78, 5) is 0. The molecule has 1 atom stereocenters. The fourth-order valence-electron chi connectivity index (χ4n) is 2.86. The van der Waals surface area contributed by atoms with Crippen LogP contribution in [0.1, 0.15) is 87.7 Å². The largest absolute Gasteiger partial charge is 0.313 e. The number of hydrogen-bond donors (Lipinski definition) is 1. The highest BCUT2D eigenvalue weighted by molar-refractivity contribution is 5.23. The average Bonchev–Trinajstić information content (AvgIpc) is 2.49. The third-order valence-corrected chi connectivity index (χ3v) is 4.21. The van der Waals surface area contributed by atoms with Gasteiger partial charge in [-0.1, -0.05) is 58.3 Å². The van der Waals surface area contributed by atoms with Gasteiger partial charge in [0.2, 0.25) is 0 Å². The van der Waals surface area contributed by atoms with Crippen molar-refractivity contribution in [3.63, 3.8) is 0 Å². The molecule has 0 aromatic carbocycles.